The molecule has 1 unspecified atom stereocenters. The van der Waals surface area contributed by atoms with Crippen molar-refractivity contribution >= 4 is 40.8 Å². The fraction of sp³-hybridized carbons (Fsp3) is 0.318. The van der Waals surface area contributed by atoms with Crippen LogP contribution in [0.1, 0.15) is 19.8 Å². The van der Waals surface area contributed by atoms with Crippen molar-refractivity contribution in [2.45, 2.75) is 31.9 Å². The van der Waals surface area contributed by atoms with Gasteiger partial charge in [0.25, 0.3) is 5.91 Å². The Kier molecular flexibility index (Phi) is 6.04. The molecule has 11 nitrogen and oxygen atoms in total. The number of hydrogen-bond acceptors (Lipinski definition) is 10. The summed E-state index contributed by atoms with van der Waals surface area (Å²) in [6.07, 6.45) is 4.99. The molecule has 2 aliphatic rings. The maximum Gasteiger partial charge on any atom is 0.263 e. The van der Waals surface area contributed by atoms with E-state index in [4.69, 9.17) is 9.47 Å². The van der Waals surface area contributed by atoms with Gasteiger partial charge < -0.3 is 30.7 Å². The van der Waals surface area contributed by atoms with Crippen molar-refractivity contribution in [2.24, 2.45) is 0 Å². The predicted molar refractivity (Wildman–Crippen MR) is 123 cm³/mol. The van der Waals surface area contributed by atoms with Crippen molar-refractivity contribution in [1.29, 1.82) is 0 Å². The van der Waals surface area contributed by atoms with E-state index in [9.17, 15) is 9.18 Å². The second-order valence-electron chi connectivity index (χ2n) is 7.94. The molecule has 3 aromatic heterocycles. The molecule has 5 rings (SSSR count). The normalized spacial score (nSPS) is 17.8. The number of pyridine rings is 2. The molecule has 0 bridgehead atoms. The molecule has 2 aliphatic heterocycles. The van der Waals surface area contributed by atoms with E-state index in [1.165, 1.54) is 0 Å². The highest BCUT2D eigenvalue weighted by molar-refractivity contribution is 5.94. The van der Waals surface area contributed by atoms with Gasteiger partial charge in [0.2, 0.25) is 5.95 Å². The lowest BCUT2D eigenvalue weighted by molar-refractivity contribution is -0.118. The summed E-state index contributed by atoms with van der Waals surface area (Å²) in [4.78, 5) is 28.3. The van der Waals surface area contributed by atoms with E-state index in [0.717, 1.165) is 31.5 Å². The van der Waals surface area contributed by atoms with Gasteiger partial charge in [0, 0.05) is 6.61 Å². The minimum atomic E-state index is -0.661. The van der Waals surface area contributed by atoms with Crippen LogP contribution in [-0.4, -0.2) is 51.2 Å². The molecule has 0 aromatic carbocycles. The zero-order chi connectivity index (χ0) is 23.5. The molecule has 1 fully saturated rings. The highest BCUT2D eigenvalue weighted by Crippen LogP contribution is 2.28. The van der Waals surface area contributed by atoms with Crippen LogP contribution in [0.25, 0.3) is 0 Å². The lowest BCUT2D eigenvalue weighted by Crippen LogP contribution is -2.30. The first-order valence-corrected chi connectivity index (χ1v) is 10.9. The molecule has 3 aromatic rings. The van der Waals surface area contributed by atoms with Crippen LogP contribution in [0.3, 0.4) is 0 Å². The number of nitrogens with zero attached hydrogens (tertiary/aromatic N) is 4. The van der Waals surface area contributed by atoms with Gasteiger partial charge in [0.1, 0.15) is 11.6 Å². The van der Waals surface area contributed by atoms with Gasteiger partial charge >= 0.3 is 0 Å². The Morgan fingerprint density at radius 1 is 1.12 bits per heavy atom. The zero-order valence-corrected chi connectivity index (χ0v) is 18.3. The molecule has 0 saturated carbocycles. The van der Waals surface area contributed by atoms with E-state index >= 15 is 0 Å². The number of halogens is 1. The van der Waals surface area contributed by atoms with Crippen molar-refractivity contribution < 1.29 is 18.7 Å². The first-order chi connectivity index (χ1) is 16.5. The number of aromatic nitrogens is 4. The third kappa shape index (κ3) is 4.96. The molecule has 176 valence electrons. The van der Waals surface area contributed by atoms with Crippen LogP contribution < -0.4 is 26.0 Å². The summed E-state index contributed by atoms with van der Waals surface area (Å²) in [5.41, 5.74) is 0.639. The molecule has 2 atom stereocenters. The topological polar surface area (TPSA) is 135 Å². The summed E-state index contributed by atoms with van der Waals surface area (Å²) in [5.74, 6) is 0.822. The molecule has 1 saturated heterocycles. The van der Waals surface area contributed by atoms with Crippen molar-refractivity contribution in [3.05, 3.63) is 42.5 Å². The van der Waals surface area contributed by atoms with Crippen molar-refractivity contribution in [3.8, 4) is 5.75 Å². The Morgan fingerprint density at radius 3 is 2.79 bits per heavy atom. The minimum Gasteiger partial charge on any atom is -0.480 e. The second kappa shape index (κ2) is 9.43. The van der Waals surface area contributed by atoms with Crippen LogP contribution in [0, 0.1) is 5.82 Å². The van der Waals surface area contributed by atoms with Crippen LogP contribution in [0.5, 0.6) is 5.75 Å². The van der Waals surface area contributed by atoms with Crippen LogP contribution in [0.15, 0.2) is 36.7 Å². The van der Waals surface area contributed by atoms with Gasteiger partial charge in [-0.2, -0.15) is 4.98 Å². The summed E-state index contributed by atoms with van der Waals surface area (Å²) in [6, 6.07) is 7.04. The van der Waals surface area contributed by atoms with Gasteiger partial charge in [0.15, 0.2) is 29.8 Å². The number of fused-ring (bicyclic) bond motifs is 1. The third-order valence-electron chi connectivity index (χ3n) is 5.38. The number of carbonyl (C=O) groups is 1. The van der Waals surface area contributed by atoms with E-state index in [1.807, 2.05) is 12.1 Å². The van der Waals surface area contributed by atoms with Crippen molar-refractivity contribution in [1.82, 2.24) is 19.9 Å². The van der Waals surface area contributed by atoms with E-state index in [0.29, 0.717) is 11.4 Å². The molecule has 0 spiro atoms. The van der Waals surface area contributed by atoms with Gasteiger partial charge in [-0.05, 0) is 44.0 Å². The molecule has 4 N–H and O–H groups in total. The van der Waals surface area contributed by atoms with E-state index < -0.39 is 5.82 Å². The Bertz CT molecular complexity index is 1190. The highest BCUT2D eigenvalue weighted by Gasteiger charge is 2.22. The number of amides is 1. The number of rotatable bonds is 7. The van der Waals surface area contributed by atoms with Crippen LogP contribution in [0.2, 0.25) is 0 Å². The Balaban J connectivity index is 1.25. The fourth-order valence-electron chi connectivity index (χ4n) is 3.68. The SMILES string of the molecule is C[C@@H](Nc1ccc(Nc2ncc(F)c(Nc3ccc4c(n3)NC(=O)CO4)n2)cn1)C1CCCO1. The summed E-state index contributed by atoms with van der Waals surface area (Å²) in [5, 5.41) is 11.8. The first-order valence-electron chi connectivity index (χ1n) is 10.9. The second-order valence-corrected chi connectivity index (χ2v) is 7.94. The zero-order valence-electron chi connectivity index (χ0n) is 18.3. The lowest BCUT2D eigenvalue weighted by atomic mass is 10.1. The highest BCUT2D eigenvalue weighted by atomic mass is 19.1. The molecular formula is C22H23FN8O3. The largest absolute Gasteiger partial charge is 0.480 e. The number of carbonyl (C=O) groups excluding carboxylic acids is 1. The first kappa shape index (κ1) is 21.8. The Labute approximate surface area is 194 Å². The van der Waals surface area contributed by atoms with E-state index in [2.05, 4.69) is 48.1 Å². The van der Waals surface area contributed by atoms with E-state index in [1.54, 1.807) is 18.3 Å². The van der Waals surface area contributed by atoms with Crippen LogP contribution in [-0.2, 0) is 9.53 Å². The summed E-state index contributed by atoms with van der Waals surface area (Å²) in [6.45, 7) is 2.80. The smallest absolute Gasteiger partial charge is 0.263 e. The predicted octanol–water partition coefficient (Wildman–Crippen LogP) is 3.20. The molecule has 34 heavy (non-hydrogen) atoms. The number of anilines is 6. The molecule has 5 heterocycles. The molecule has 12 heteroatoms. The third-order valence-corrected chi connectivity index (χ3v) is 5.38. The number of hydrogen-bond donors (Lipinski definition) is 4. The van der Waals surface area contributed by atoms with Crippen LogP contribution in [0.4, 0.5) is 39.3 Å². The quantitative estimate of drug-likeness (QED) is 0.411. The average Bonchev–Trinajstić information content (AvgIpc) is 3.38. The molecule has 0 radical (unpaired) electrons. The van der Waals surface area contributed by atoms with Gasteiger partial charge in [-0.1, -0.05) is 0 Å². The maximum atomic E-state index is 14.3. The standard InChI is InChI=1S/C22H23FN8O3/c1-12(15-3-2-8-33-15)26-17-6-4-13(9-24-17)27-22-25-10-14(23)20(31-22)28-18-7-5-16-21(29-18)30-19(32)11-34-16/h4-7,9-10,12,15H,2-3,8,11H2,1H3,(H,24,26)(H3,25,27,28,29,30,31,32)/t12-,15?/m1/s1. The maximum absolute atomic E-state index is 14.3. The minimum absolute atomic E-state index is 0.0725. The Hall–Kier alpha value is -4.06. The van der Waals surface area contributed by atoms with Gasteiger partial charge in [-0.3, -0.25) is 4.79 Å². The fourth-order valence-corrected chi connectivity index (χ4v) is 3.68. The Morgan fingerprint density at radius 2 is 2.00 bits per heavy atom. The van der Waals surface area contributed by atoms with Crippen molar-refractivity contribution in [3.63, 3.8) is 0 Å². The monoisotopic (exact) mass is 466 g/mol. The average molecular weight is 466 g/mol. The van der Waals surface area contributed by atoms with Crippen molar-refractivity contribution in [2.75, 3.05) is 34.5 Å². The summed E-state index contributed by atoms with van der Waals surface area (Å²) >= 11 is 0. The molecule has 0 aliphatic carbocycles. The number of nitrogens with one attached hydrogen (secondary N) is 4. The van der Waals surface area contributed by atoms with Gasteiger partial charge in [-0.25, -0.2) is 19.3 Å². The molecular weight excluding hydrogens is 443 g/mol. The summed E-state index contributed by atoms with van der Waals surface area (Å²) in [7, 11) is 0. The summed E-state index contributed by atoms with van der Waals surface area (Å²) < 4.78 is 25.3. The van der Waals surface area contributed by atoms with E-state index in [-0.39, 0.29) is 48.1 Å². The van der Waals surface area contributed by atoms with Gasteiger partial charge in [-0.15, -0.1) is 0 Å². The number of ether oxygens (including phenoxy) is 2. The molecule has 1 amide bonds. The lowest BCUT2D eigenvalue weighted by Gasteiger charge is -2.20. The van der Waals surface area contributed by atoms with Crippen LogP contribution >= 0.6 is 0 Å². The van der Waals surface area contributed by atoms with Gasteiger partial charge in [0.05, 0.1) is 30.2 Å².